The summed E-state index contributed by atoms with van der Waals surface area (Å²) in [6, 6.07) is 0. The third-order valence-electron chi connectivity index (χ3n) is 3.24. The van der Waals surface area contributed by atoms with Crippen LogP contribution in [-0.4, -0.2) is 16.9 Å². The van der Waals surface area contributed by atoms with Crippen LogP contribution in [0.25, 0.3) is 5.32 Å². The van der Waals surface area contributed by atoms with Gasteiger partial charge in [-0.2, -0.15) is 0 Å². The normalized spacial score (nSPS) is 24.7. The van der Waals surface area contributed by atoms with Crippen LogP contribution in [0, 0.1) is 11.3 Å². The molecule has 0 spiro atoms. The minimum Gasteiger partial charge on any atom is -0.418 e. The molecule has 0 aliphatic carbocycles. The number of carbonyl (C=O) groups excluding carboxylic acids is 2. The average Bonchev–Trinajstić information content (AvgIpc) is 2.22. The maximum Gasteiger partial charge on any atom is 1.00 e. The fourth-order valence-electron chi connectivity index (χ4n) is 2.11. The van der Waals surface area contributed by atoms with Gasteiger partial charge < -0.3 is 10.6 Å². The Labute approximate surface area is 135 Å². The molecule has 0 saturated carbocycles. The summed E-state index contributed by atoms with van der Waals surface area (Å²) in [6.07, 6.45) is 1.04. The zero-order valence-corrected chi connectivity index (χ0v) is 14.2. The summed E-state index contributed by atoms with van der Waals surface area (Å²) in [4.78, 5) is 24.3. The quantitative estimate of drug-likeness (QED) is 0.320. The van der Waals surface area contributed by atoms with Crippen molar-refractivity contribution in [3.63, 3.8) is 0 Å². The van der Waals surface area contributed by atoms with Crippen molar-refractivity contribution in [1.82, 2.24) is 5.32 Å². The van der Waals surface area contributed by atoms with E-state index in [4.69, 9.17) is 12.2 Å². The van der Waals surface area contributed by atoms with Gasteiger partial charge >= 0.3 is 29.6 Å². The molecular weight excluding hydrogens is 259 g/mol. The van der Waals surface area contributed by atoms with Crippen LogP contribution in [0.4, 0.5) is 0 Å². The Bertz CT molecular complexity index is 376. The van der Waals surface area contributed by atoms with Crippen LogP contribution in [-0.2, 0) is 9.59 Å². The van der Waals surface area contributed by atoms with Crippen molar-refractivity contribution in [3.05, 3.63) is 17.5 Å². The molecule has 0 aromatic heterocycles. The minimum atomic E-state index is -1.14. The Kier molecular flexibility index (Phi) is 6.71. The van der Waals surface area contributed by atoms with Crippen LogP contribution in [0.1, 0.15) is 33.6 Å². The minimum absolute atomic E-state index is 0. The standard InChI is InChI=1S/C12H18N2O2S.Na/c1-5-8(4)12(6-7(2)3)9(15)13-11(17)14-10(12)16;/h8H,2,5-6H2,1,3-4H3,(H2,13,14,15,16,17);/q;+1/p-1. The number of carbonyl (C=O) groups is 2. The van der Waals surface area contributed by atoms with Crippen LogP contribution >= 0.6 is 12.2 Å². The molecule has 18 heavy (non-hydrogen) atoms. The van der Waals surface area contributed by atoms with E-state index in [1.54, 1.807) is 6.92 Å². The number of nitrogens with one attached hydrogen (secondary N) is 1. The largest absolute Gasteiger partial charge is 1.00 e. The fraction of sp³-hybridized carbons (Fsp3) is 0.583. The number of hydrogen-bond acceptors (Lipinski definition) is 3. The summed E-state index contributed by atoms with van der Waals surface area (Å²) in [5.74, 6) is -0.887. The van der Waals surface area contributed by atoms with E-state index >= 15 is 0 Å². The van der Waals surface area contributed by atoms with Crippen molar-refractivity contribution < 1.29 is 39.1 Å². The van der Waals surface area contributed by atoms with Crippen molar-refractivity contribution in [2.45, 2.75) is 33.6 Å². The summed E-state index contributed by atoms with van der Waals surface area (Å²) >= 11 is 4.76. The van der Waals surface area contributed by atoms with E-state index in [1.807, 2.05) is 13.8 Å². The van der Waals surface area contributed by atoms with E-state index in [0.717, 1.165) is 5.57 Å². The van der Waals surface area contributed by atoms with Gasteiger partial charge in [0, 0.05) is 5.11 Å². The van der Waals surface area contributed by atoms with Crippen LogP contribution in [0.3, 0.4) is 0 Å². The molecule has 6 heteroatoms. The molecule has 94 valence electrons. The molecule has 0 radical (unpaired) electrons. The van der Waals surface area contributed by atoms with Gasteiger partial charge in [-0.1, -0.05) is 38.1 Å². The molecule has 2 atom stereocenters. The molecule has 2 unspecified atom stereocenters. The molecule has 0 bridgehead atoms. The van der Waals surface area contributed by atoms with Gasteiger partial charge in [0.05, 0.1) is 5.41 Å². The second-order valence-electron chi connectivity index (χ2n) is 4.59. The zero-order chi connectivity index (χ0) is 13.2. The van der Waals surface area contributed by atoms with Gasteiger partial charge in [0.25, 0.3) is 0 Å². The molecule has 1 aliphatic rings. The van der Waals surface area contributed by atoms with E-state index in [0.29, 0.717) is 12.8 Å². The molecule has 4 nitrogen and oxygen atoms in total. The van der Waals surface area contributed by atoms with Gasteiger partial charge in [-0.05, 0) is 19.3 Å². The number of thiocarbonyl (C=S) groups is 1. The first-order valence-corrected chi connectivity index (χ1v) is 6.01. The molecule has 1 heterocycles. The number of allylic oxidation sites excluding steroid dienone is 1. The molecular formula is C12H17N2NaO2S. The van der Waals surface area contributed by atoms with Crippen molar-refractivity contribution >= 4 is 29.1 Å². The average molecular weight is 276 g/mol. The Hall–Kier alpha value is -0.230. The Morgan fingerprint density at radius 2 is 2.11 bits per heavy atom. The first-order valence-electron chi connectivity index (χ1n) is 5.60. The van der Waals surface area contributed by atoms with Crippen molar-refractivity contribution in [2.75, 3.05) is 0 Å². The third kappa shape index (κ3) is 3.20. The van der Waals surface area contributed by atoms with Gasteiger partial charge in [-0.3, -0.25) is 9.59 Å². The summed E-state index contributed by atoms with van der Waals surface area (Å²) in [6.45, 7) is 9.42. The SMILES string of the molecule is C=C(C)CC1(C(C)CC)C(=O)[N-]C(=S)NC1=O.[Na+]. The summed E-state index contributed by atoms with van der Waals surface area (Å²) in [7, 11) is 0. The third-order valence-corrected chi connectivity index (χ3v) is 3.44. The van der Waals surface area contributed by atoms with E-state index in [9.17, 15) is 9.59 Å². The topological polar surface area (TPSA) is 60.3 Å². The number of hydrogen-bond donors (Lipinski definition) is 1. The first-order chi connectivity index (χ1) is 7.84. The smallest absolute Gasteiger partial charge is 0.418 e. The monoisotopic (exact) mass is 276 g/mol. The molecule has 0 aromatic rings. The molecule has 1 N–H and O–H groups in total. The predicted octanol–water partition coefficient (Wildman–Crippen LogP) is -0.696. The van der Waals surface area contributed by atoms with Gasteiger partial charge in [0.1, 0.15) is 0 Å². The fourth-order valence-corrected chi connectivity index (χ4v) is 2.29. The van der Waals surface area contributed by atoms with Crippen molar-refractivity contribution in [1.29, 1.82) is 0 Å². The summed E-state index contributed by atoms with van der Waals surface area (Å²) in [5.41, 5.74) is -0.347. The maximum absolute atomic E-state index is 12.2. The number of nitrogens with zero attached hydrogens (tertiary/aromatic N) is 1. The molecule has 0 aromatic carbocycles. The maximum atomic E-state index is 12.2. The van der Waals surface area contributed by atoms with E-state index in [2.05, 4.69) is 17.2 Å². The van der Waals surface area contributed by atoms with Gasteiger partial charge in [0.2, 0.25) is 0 Å². The van der Waals surface area contributed by atoms with Gasteiger partial charge in [0.15, 0.2) is 11.8 Å². The summed E-state index contributed by atoms with van der Waals surface area (Å²) < 4.78 is 0. The van der Waals surface area contributed by atoms with Crippen LogP contribution < -0.4 is 34.9 Å². The van der Waals surface area contributed by atoms with Crippen molar-refractivity contribution in [3.8, 4) is 0 Å². The molecule has 1 aliphatic heterocycles. The van der Waals surface area contributed by atoms with E-state index < -0.39 is 11.3 Å². The van der Waals surface area contributed by atoms with E-state index in [-0.39, 0.29) is 46.5 Å². The second-order valence-corrected chi connectivity index (χ2v) is 4.98. The Morgan fingerprint density at radius 3 is 2.50 bits per heavy atom. The Balaban J connectivity index is 0.00000289. The number of rotatable bonds is 4. The van der Waals surface area contributed by atoms with Gasteiger partial charge in [-0.25, -0.2) is 0 Å². The second kappa shape index (κ2) is 6.80. The molecule has 2 amide bonds. The van der Waals surface area contributed by atoms with Crippen molar-refractivity contribution in [2.24, 2.45) is 11.3 Å². The van der Waals surface area contributed by atoms with Crippen LogP contribution in [0.2, 0.25) is 0 Å². The molecule has 1 rings (SSSR count). The van der Waals surface area contributed by atoms with E-state index in [1.165, 1.54) is 0 Å². The zero-order valence-electron chi connectivity index (χ0n) is 11.4. The first kappa shape index (κ1) is 17.8. The predicted molar refractivity (Wildman–Crippen MR) is 70.4 cm³/mol. The van der Waals surface area contributed by atoms with Crippen LogP contribution in [0.5, 0.6) is 0 Å². The number of amides is 2. The molecule has 1 saturated heterocycles. The molecule has 1 fully saturated rings. The van der Waals surface area contributed by atoms with Gasteiger partial charge in [-0.15, -0.1) is 6.58 Å². The Morgan fingerprint density at radius 1 is 1.56 bits per heavy atom. The summed E-state index contributed by atoms with van der Waals surface area (Å²) in [5, 5.41) is 6.17. The van der Waals surface area contributed by atoms with Crippen LogP contribution in [0.15, 0.2) is 12.2 Å².